The summed E-state index contributed by atoms with van der Waals surface area (Å²) >= 11 is 0. The summed E-state index contributed by atoms with van der Waals surface area (Å²) in [6.07, 6.45) is 41.5. The molecule has 0 aromatic heterocycles. The molecule has 0 spiro atoms. The Bertz CT molecular complexity index is 675. The van der Waals surface area contributed by atoms with Gasteiger partial charge in [-0.15, -0.1) is 0 Å². The molecule has 2 nitrogen and oxygen atoms in total. The normalized spacial score (nSPS) is 14.5. The zero-order chi connectivity index (χ0) is 32.7. The SMILES string of the molecule is CCCCCCCC/C=C\CCCCCCCCCCC(C/C=C(\C)CCC[C@H](C)CCC[C@H](C)CCCC(C)C)C(=O)O. The first-order chi connectivity index (χ1) is 21.3. The molecule has 0 amide bonds. The first kappa shape index (κ1) is 43.0. The Hall–Kier alpha value is -1.05. The van der Waals surface area contributed by atoms with E-state index in [0.29, 0.717) is 6.42 Å². The second kappa shape index (κ2) is 31.9. The van der Waals surface area contributed by atoms with Crippen LogP contribution in [0.3, 0.4) is 0 Å². The lowest BCUT2D eigenvalue weighted by molar-refractivity contribution is -0.141. The first-order valence-corrected chi connectivity index (χ1v) is 19.8. The summed E-state index contributed by atoms with van der Waals surface area (Å²) < 4.78 is 0. The topological polar surface area (TPSA) is 37.3 Å². The summed E-state index contributed by atoms with van der Waals surface area (Å²) in [6, 6.07) is 0. The van der Waals surface area contributed by atoms with Crippen LogP contribution in [0.1, 0.15) is 215 Å². The molecule has 1 unspecified atom stereocenters. The van der Waals surface area contributed by atoms with Crippen LogP contribution in [0.15, 0.2) is 23.8 Å². The fraction of sp³-hybridized carbons (Fsp3) is 0.881. The van der Waals surface area contributed by atoms with Gasteiger partial charge in [0, 0.05) is 0 Å². The smallest absolute Gasteiger partial charge is 0.306 e. The third-order valence-electron chi connectivity index (χ3n) is 9.80. The van der Waals surface area contributed by atoms with Crippen molar-refractivity contribution < 1.29 is 9.90 Å². The van der Waals surface area contributed by atoms with E-state index in [2.05, 4.69) is 59.8 Å². The van der Waals surface area contributed by atoms with Crippen LogP contribution in [0.2, 0.25) is 0 Å². The van der Waals surface area contributed by atoms with Gasteiger partial charge in [-0.2, -0.15) is 0 Å². The maximum atomic E-state index is 11.8. The van der Waals surface area contributed by atoms with E-state index in [1.807, 2.05) is 0 Å². The fourth-order valence-electron chi connectivity index (χ4n) is 6.49. The van der Waals surface area contributed by atoms with Crippen LogP contribution in [0.4, 0.5) is 0 Å². The Labute approximate surface area is 277 Å². The van der Waals surface area contributed by atoms with Gasteiger partial charge in [0.1, 0.15) is 0 Å². The van der Waals surface area contributed by atoms with E-state index in [4.69, 9.17) is 0 Å². The van der Waals surface area contributed by atoms with Gasteiger partial charge < -0.3 is 5.11 Å². The lowest BCUT2D eigenvalue weighted by Crippen LogP contribution is -2.13. The van der Waals surface area contributed by atoms with Crippen LogP contribution in [0, 0.1) is 23.7 Å². The Kier molecular flexibility index (Phi) is 31.2. The molecule has 44 heavy (non-hydrogen) atoms. The predicted molar refractivity (Wildman–Crippen MR) is 198 cm³/mol. The molecule has 0 aliphatic heterocycles. The zero-order valence-corrected chi connectivity index (χ0v) is 31.0. The summed E-state index contributed by atoms with van der Waals surface area (Å²) in [5.74, 6) is 1.70. The summed E-state index contributed by atoms with van der Waals surface area (Å²) in [5, 5.41) is 9.74. The zero-order valence-electron chi connectivity index (χ0n) is 31.0. The van der Waals surface area contributed by atoms with E-state index in [0.717, 1.165) is 37.0 Å². The molecule has 1 N–H and O–H groups in total. The molecule has 0 aliphatic carbocycles. The van der Waals surface area contributed by atoms with Crippen molar-refractivity contribution in [3.05, 3.63) is 23.8 Å². The summed E-state index contributed by atoms with van der Waals surface area (Å²) in [6.45, 7) is 14.0. The highest BCUT2D eigenvalue weighted by Crippen LogP contribution is 2.23. The van der Waals surface area contributed by atoms with Crippen molar-refractivity contribution >= 4 is 5.97 Å². The largest absolute Gasteiger partial charge is 0.481 e. The van der Waals surface area contributed by atoms with Crippen molar-refractivity contribution in [2.75, 3.05) is 0 Å². The van der Waals surface area contributed by atoms with Gasteiger partial charge in [-0.25, -0.2) is 0 Å². The highest BCUT2D eigenvalue weighted by molar-refractivity contribution is 5.70. The number of carboxylic acid groups (broad SMARTS) is 1. The molecular weight excluding hydrogens is 536 g/mol. The minimum Gasteiger partial charge on any atom is -0.481 e. The highest BCUT2D eigenvalue weighted by Gasteiger charge is 2.15. The number of carbonyl (C=O) groups is 1. The van der Waals surface area contributed by atoms with Crippen LogP contribution in [-0.2, 0) is 4.79 Å². The van der Waals surface area contributed by atoms with Crippen molar-refractivity contribution in [1.29, 1.82) is 0 Å². The molecule has 0 heterocycles. The molecule has 0 aliphatic rings. The second-order valence-corrected chi connectivity index (χ2v) is 15.1. The van der Waals surface area contributed by atoms with Gasteiger partial charge in [0.15, 0.2) is 0 Å². The first-order valence-electron chi connectivity index (χ1n) is 19.8. The average molecular weight is 617 g/mol. The van der Waals surface area contributed by atoms with Crippen molar-refractivity contribution in [3.63, 3.8) is 0 Å². The standard InChI is InChI=1S/C42H80O2/c1-7-8-9-10-11-12-13-14-15-16-17-18-19-20-21-22-23-24-34-41(42(43)44)36-35-40(6)33-27-32-39(5)31-26-30-38(4)29-25-28-37(2)3/h14-15,35,37-39,41H,7-13,16-34,36H2,1-6H3,(H,43,44)/b15-14-,40-35+/t38-,39-,41?/m1/s1. The molecular formula is C42H80O2. The van der Waals surface area contributed by atoms with Crippen molar-refractivity contribution in [1.82, 2.24) is 0 Å². The Morgan fingerprint density at radius 1 is 0.568 bits per heavy atom. The molecule has 3 atom stereocenters. The fourth-order valence-corrected chi connectivity index (χ4v) is 6.49. The highest BCUT2D eigenvalue weighted by atomic mass is 16.4. The van der Waals surface area contributed by atoms with E-state index in [1.54, 1.807) is 0 Å². The maximum absolute atomic E-state index is 11.8. The van der Waals surface area contributed by atoms with Crippen LogP contribution in [0.25, 0.3) is 0 Å². The van der Waals surface area contributed by atoms with Gasteiger partial charge in [-0.05, 0) is 76.0 Å². The molecule has 0 aromatic rings. The van der Waals surface area contributed by atoms with Gasteiger partial charge in [-0.3, -0.25) is 4.79 Å². The van der Waals surface area contributed by atoms with Gasteiger partial charge >= 0.3 is 5.97 Å². The third-order valence-corrected chi connectivity index (χ3v) is 9.80. The number of rotatable bonds is 33. The number of hydrogen-bond acceptors (Lipinski definition) is 1. The van der Waals surface area contributed by atoms with E-state index in [9.17, 15) is 9.90 Å². The van der Waals surface area contributed by atoms with Crippen molar-refractivity contribution in [2.45, 2.75) is 215 Å². The molecule has 2 heteroatoms. The minimum atomic E-state index is -0.609. The van der Waals surface area contributed by atoms with Crippen LogP contribution < -0.4 is 0 Å². The van der Waals surface area contributed by atoms with Crippen molar-refractivity contribution in [2.24, 2.45) is 23.7 Å². The molecule has 0 radical (unpaired) electrons. The molecule has 260 valence electrons. The molecule has 0 bridgehead atoms. The number of hydrogen-bond donors (Lipinski definition) is 1. The lowest BCUT2D eigenvalue weighted by atomic mass is 9.91. The minimum absolute atomic E-state index is 0.208. The Morgan fingerprint density at radius 3 is 1.52 bits per heavy atom. The van der Waals surface area contributed by atoms with E-state index < -0.39 is 5.97 Å². The number of aliphatic carboxylic acids is 1. The van der Waals surface area contributed by atoms with Gasteiger partial charge in [-0.1, -0.05) is 180 Å². The predicted octanol–water partition coefficient (Wildman–Crippen LogP) is 14.7. The molecule has 0 aromatic carbocycles. The Balaban J connectivity index is 3.77. The lowest BCUT2D eigenvalue weighted by Gasteiger charge is -2.15. The molecule has 0 saturated carbocycles. The number of unbranched alkanes of at least 4 members (excludes halogenated alkanes) is 14. The number of allylic oxidation sites excluding steroid dienone is 4. The molecule has 0 fully saturated rings. The summed E-state index contributed by atoms with van der Waals surface area (Å²) in [4.78, 5) is 11.8. The van der Waals surface area contributed by atoms with Gasteiger partial charge in [0.2, 0.25) is 0 Å². The van der Waals surface area contributed by atoms with Crippen LogP contribution in [-0.4, -0.2) is 11.1 Å². The number of carboxylic acids is 1. The summed E-state index contributed by atoms with van der Waals surface area (Å²) in [5.41, 5.74) is 1.38. The third kappa shape index (κ3) is 31.0. The second-order valence-electron chi connectivity index (χ2n) is 15.1. The molecule has 0 saturated heterocycles. The van der Waals surface area contributed by atoms with Gasteiger partial charge in [0.05, 0.1) is 5.92 Å². The average Bonchev–Trinajstić information content (AvgIpc) is 2.97. The monoisotopic (exact) mass is 617 g/mol. The Morgan fingerprint density at radius 2 is 1.02 bits per heavy atom. The van der Waals surface area contributed by atoms with Crippen molar-refractivity contribution in [3.8, 4) is 0 Å². The van der Waals surface area contributed by atoms with Gasteiger partial charge in [0.25, 0.3) is 0 Å². The van der Waals surface area contributed by atoms with Crippen LogP contribution >= 0.6 is 0 Å². The molecule has 0 rings (SSSR count). The van der Waals surface area contributed by atoms with E-state index >= 15 is 0 Å². The summed E-state index contributed by atoms with van der Waals surface area (Å²) in [7, 11) is 0. The maximum Gasteiger partial charge on any atom is 0.306 e. The van der Waals surface area contributed by atoms with E-state index in [1.165, 1.54) is 153 Å². The van der Waals surface area contributed by atoms with E-state index in [-0.39, 0.29) is 5.92 Å². The van der Waals surface area contributed by atoms with Crippen LogP contribution in [0.5, 0.6) is 0 Å². The quantitative estimate of drug-likeness (QED) is 0.0588.